The molecule has 0 aromatic carbocycles. The molecule has 0 spiro atoms. The van der Waals surface area contributed by atoms with Crippen LogP contribution in [-0.2, 0) is 0 Å². The van der Waals surface area contributed by atoms with Gasteiger partial charge in [-0.05, 0) is 25.9 Å². The molecule has 13 heavy (non-hydrogen) atoms. The average molecular weight is 187 g/mol. The van der Waals surface area contributed by atoms with Crippen LogP contribution in [0.25, 0.3) is 0 Å². The van der Waals surface area contributed by atoms with E-state index in [1.165, 1.54) is 19.4 Å². The lowest BCUT2D eigenvalue weighted by molar-refractivity contribution is 0.0493. The molecule has 1 rings (SSSR count). The van der Waals surface area contributed by atoms with Gasteiger partial charge in [-0.3, -0.25) is 0 Å². The Morgan fingerprint density at radius 2 is 2.00 bits per heavy atom. The lowest BCUT2D eigenvalue weighted by atomic mass is 9.83. The minimum Gasteiger partial charge on any atom is -0.396 e. The number of likely N-dealkylation sites (tertiary alicyclic amines) is 1. The van der Waals surface area contributed by atoms with Crippen molar-refractivity contribution in [1.29, 1.82) is 0 Å². The molecule has 0 saturated carbocycles. The van der Waals surface area contributed by atoms with Crippen LogP contribution in [0.3, 0.4) is 0 Å². The number of piperidine rings is 1. The highest BCUT2D eigenvalue weighted by Crippen LogP contribution is 2.28. The molecular formula is C11H25NO. The third-order valence-corrected chi connectivity index (χ3v) is 2.69. The Hall–Kier alpha value is -0.0800. The Labute approximate surface area is 82.9 Å². The zero-order chi connectivity index (χ0) is 10.3. The van der Waals surface area contributed by atoms with E-state index in [9.17, 15) is 0 Å². The summed E-state index contributed by atoms with van der Waals surface area (Å²) in [5.74, 6) is 0. The Morgan fingerprint density at radius 1 is 1.38 bits per heavy atom. The molecule has 1 atom stereocenters. The molecule has 0 aromatic heterocycles. The molecule has 0 aliphatic carbocycles. The summed E-state index contributed by atoms with van der Waals surface area (Å²) in [6, 6.07) is 0. The van der Waals surface area contributed by atoms with Crippen molar-refractivity contribution in [3.63, 3.8) is 0 Å². The van der Waals surface area contributed by atoms with Gasteiger partial charge >= 0.3 is 0 Å². The molecule has 80 valence electrons. The molecule has 0 bridgehead atoms. The van der Waals surface area contributed by atoms with Crippen LogP contribution in [0, 0.1) is 5.41 Å². The zero-order valence-corrected chi connectivity index (χ0v) is 9.64. The van der Waals surface area contributed by atoms with Gasteiger partial charge in [-0.25, -0.2) is 0 Å². The number of aliphatic hydroxyl groups excluding tert-OH is 1. The van der Waals surface area contributed by atoms with E-state index in [1.54, 1.807) is 0 Å². The van der Waals surface area contributed by atoms with Crippen molar-refractivity contribution in [3.05, 3.63) is 0 Å². The van der Waals surface area contributed by atoms with E-state index < -0.39 is 0 Å². The molecule has 1 heterocycles. The van der Waals surface area contributed by atoms with Gasteiger partial charge in [0, 0.05) is 18.6 Å². The first-order valence-corrected chi connectivity index (χ1v) is 5.53. The van der Waals surface area contributed by atoms with Crippen LogP contribution in [0.2, 0.25) is 0 Å². The van der Waals surface area contributed by atoms with Crippen molar-refractivity contribution < 1.29 is 5.11 Å². The monoisotopic (exact) mass is 187 g/mol. The fraction of sp³-hybridized carbons (Fsp3) is 1.00. The predicted octanol–water partition coefficient (Wildman–Crippen LogP) is 2.13. The first kappa shape index (κ1) is 12.9. The van der Waals surface area contributed by atoms with E-state index in [4.69, 9.17) is 5.11 Å². The van der Waals surface area contributed by atoms with E-state index in [1.807, 2.05) is 13.8 Å². The molecule has 1 aliphatic heterocycles. The molecule has 0 amide bonds. The molecular weight excluding hydrogens is 162 g/mol. The minimum atomic E-state index is 0.175. The number of aliphatic hydroxyl groups is 1. The van der Waals surface area contributed by atoms with Crippen LogP contribution in [0.4, 0.5) is 0 Å². The van der Waals surface area contributed by atoms with Gasteiger partial charge in [0.25, 0.3) is 0 Å². The van der Waals surface area contributed by atoms with E-state index in [0.29, 0.717) is 6.61 Å². The Balaban J connectivity index is 0.000000671. The van der Waals surface area contributed by atoms with Gasteiger partial charge in [0.15, 0.2) is 0 Å². The van der Waals surface area contributed by atoms with Crippen LogP contribution < -0.4 is 0 Å². The summed E-state index contributed by atoms with van der Waals surface area (Å²) >= 11 is 0. The van der Waals surface area contributed by atoms with Gasteiger partial charge in [0.05, 0.1) is 0 Å². The SMILES string of the molecule is CC.CCN1CCCC(C)(CO)C1. The quantitative estimate of drug-likeness (QED) is 0.716. The summed E-state index contributed by atoms with van der Waals surface area (Å²) in [4.78, 5) is 2.42. The normalized spacial score (nSPS) is 29.3. The van der Waals surface area contributed by atoms with Crippen LogP contribution in [0.15, 0.2) is 0 Å². The highest BCUT2D eigenvalue weighted by molar-refractivity contribution is 4.82. The topological polar surface area (TPSA) is 23.5 Å². The van der Waals surface area contributed by atoms with Gasteiger partial charge in [0.2, 0.25) is 0 Å². The summed E-state index contributed by atoms with van der Waals surface area (Å²) in [5.41, 5.74) is 0.175. The van der Waals surface area contributed by atoms with Crippen LogP contribution >= 0.6 is 0 Å². The molecule has 1 saturated heterocycles. The summed E-state index contributed by atoms with van der Waals surface area (Å²) in [5, 5.41) is 9.14. The molecule has 1 unspecified atom stereocenters. The standard InChI is InChI=1S/C9H19NO.C2H6/c1-3-10-6-4-5-9(2,7-10)8-11;1-2/h11H,3-8H2,1-2H3;1-2H3. The van der Waals surface area contributed by atoms with E-state index in [2.05, 4.69) is 18.7 Å². The van der Waals surface area contributed by atoms with E-state index >= 15 is 0 Å². The lowest BCUT2D eigenvalue weighted by Crippen LogP contribution is -2.43. The molecule has 0 radical (unpaired) electrons. The van der Waals surface area contributed by atoms with Crippen LogP contribution in [-0.4, -0.2) is 36.2 Å². The van der Waals surface area contributed by atoms with Crippen molar-refractivity contribution >= 4 is 0 Å². The fourth-order valence-corrected chi connectivity index (χ4v) is 1.83. The highest BCUT2D eigenvalue weighted by Gasteiger charge is 2.29. The molecule has 0 aromatic rings. The second-order valence-corrected chi connectivity index (χ2v) is 3.94. The van der Waals surface area contributed by atoms with Crippen LogP contribution in [0.1, 0.15) is 40.5 Å². The van der Waals surface area contributed by atoms with Gasteiger partial charge < -0.3 is 10.0 Å². The van der Waals surface area contributed by atoms with Gasteiger partial charge in [-0.15, -0.1) is 0 Å². The largest absolute Gasteiger partial charge is 0.396 e. The lowest BCUT2D eigenvalue weighted by Gasteiger charge is -2.38. The van der Waals surface area contributed by atoms with Crippen LogP contribution in [0.5, 0.6) is 0 Å². The second kappa shape index (κ2) is 6.39. The molecule has 2 heteroatoms. The first-order valence-electron chi connectivity index (χ1n) is 5.53. The van der Waals surface area contributed by atoms with Crippen molar-refractivity contribution in [3.8, 4) is 0 Å². The highest BCUT2D eigenvalue weighted by atomic mass is 16.3. The van der Waals surface area contributed by atoms with Gasteiger partial charge in [0.1, 0.15) is 0 Å². The Bertz CT molecular complexity index is 127. The fourth-order valence-electron chi connectivity index (χ4n) is 1.83. The van der Waals surface area contributed by atoms with Crippen molar-refractivity contribution in [2.24, 2.45) is 5.41 Å². The maximum atomic E-state index is 9.14. The number of hydrogen-bond acceptors (Lipinski definition) is 2. The summed E-state index contributed by atoms with van der Waals surface area (Å²) in [6.45, 7) is 12.1. The van der Waals surface area contributed by atoms with Crippen molar-refractivity contribution in [1.82, 2.24) is 4.90 Å². The summed E-state index contributed by atoms with van der Waals surface area (Å²) < 4.78 is 0. The average Bonchev–Trinajstić information content (AvgIpc) is 2.21. The minimum absolute atomic E-state index is 0.175. The van der Waals surface area contributed by atoms with E-state index in [-0.39, 0.29) is 5.41 Å². The van der Waals surface area contributed by atoms with Gasteiger partial charge in [-0.2, -0.15) is 0 Å². The summed E-state index contributed by atoms with van der Waals surface area (Å²) in [7, 11) is 0. The van der Waals surface area contributed by atoms with Crippen molar-refractivity contribution in [2.45, 2.75) is 40.5 Å². The summed E-state index contributed by atoms with van der Waals surface area (Å²) in [6.07, 6.45) is 2.42. The Morgan fingerprint density at radius 3 is 2.46 bits per heavy atom. The molecule has 2 nitrogen and oxygen atoms in total. The maximum Gasteiger partial charge on any atom is 0.0497 e. The van der Waals surface area contributed by atoms with E-state index in [0.717, 1.165) is 13.1 Å². The number of nitrogens with zero attached hydrogens (tertiary/aromatic N) is 1. The second-order valence-electron chi connectivity index (χ2n) is 3.94. The smallest absolute Gasteiger partial charge is 0.0497 e. The molecule has 1 aliphatic rings. The third kappa shape index (κ3) is 4.10. The third-order valence-electron chi connectivity index (χ3n) is 2.69. The zero-order valence-electron chi connectivity index (χ0n) is 9.64. The number of rotatable bonds is 2. The first-order chi connectivity index (χ1) is 6.20. The Kier molecular flexibility index (Phi) is 6.35. The predicted molar refractivity (Wildman–Crippen MR) is 57.9 cm³/mol. The molecule has 1 N–H and O–H groups in total. The maximum absolute atomic E-state index is 9.14. The molecule has 1 fully saturated rings. The van der Waals surface area contributed by atoms with Gasteiger partial charge in [-0.1, -0.05) is 27.7 Å². The number of hydrogen-bond donors (Lipinski definition) is 1. The van der Waals surface area contributed by atoms with Crippen molar-refractivity contribution in [2.75, 3.05) is 26.2 Å².